The minimum Gasteiger partial charge on any atom is -0.350 e. The Morgan fingerprint density at radius 3 is 2.60 bits per heavy atom. The van der Waals surface area contributed by atoms with E-state index in [1.807, 2.05) is 6.92 Å². The van der Waals surface area contributed by atoms with Crippen LogP contribution in [0, 0.1) is 6.92 Å². The van der Waals surface area contributed by atoms with Gasteiger partial charge in [-0.15, -0.1) is 11.3 Å². The van der Waals surface area contributed by atoms with Crippen molar-refractivity contribution < 1.29 is 13.2 Å². The van der Waals surface area contributed by atoms with Crippen LogP contribution in [-0.2, 0) is 15.6 Å². The molecule has 0 saturated carbocycles. The SMILES string of the molecule is CCCNCCNC(=O)c1cc(CS(C)(=O)=O)c(C)s1. The van der Waals surface area contributed by atoms with Gasteiger partial charge < -0.3 is 10.6 Å². The molecule has 1 aromatic rings. The van der Waals surface area contributed by atoms with Crippen LogP contribution in [-0.4, -0.2) is 40.2 Å². The molecule has 0 aromatic carbocycles. The third-order valence-electron chi connectivity index (χ3n) is 2.68. The largest absolute Gasteiger partial charge is 0.350 e. The fourth-order valence-electron chi connectivity index (χ4n) is 1.71. The Morgan fingerprint density at radius 2 is 2.00 bits per heavy atom. The van der Waals surface area contributed by atoms with E-state index in [1.54, 1.807) is 6.07 Å². The highest BCUT2D eigenvalue weighted by molar-refractivity contribution is 7.89. The third-order valence-corrected chi connectivity index (χ3v) is 4.60. The molecule has 1 aromatic heterocycles. The van der Waals surface area contributed by atoms with Crippen molar-refractivity contribution in [3.63, 3.8) is 0 Å². The van der Waals surface area contributed by atoms with Gasteiger partial charge in [-0.1, -0.05) is 6.92 Å². The van der Waals surface area contributed by atoms with Gasteiger partial charge in [0.25, 0.3) is 5.91 Å². The van der Waals surface area contributed by atoms with E-state index in [0.717, 1.165) is 24.4 Å². The molecular weight excluding hydrogens is 296 g/mol. The summed E-state index contributed by atoms with van der Waals surface area (Å²) in [6.45, 7) is 6.16. The van der Waals surface area contributed by atoms with Crippen LogP contribution in [0.5, 0.6) is 0 Å². The molecule has 0 aliphatic heterocycles. The Kier molecular flexibility index (Phi) is 6.64. The molecule has 0 aliphatic rings. The smallest absolute Gasteiger partial charge is 0.261 e. The average Bonchev–Trinajstić information content (AvgIpc) is 2.68. The highest BCUT2D eigenvalue weighted by atomic mass is 32.2. The van der Waals surface area contributed by atoms with Gasteiger partial charge in [-0.3, -0.25) is 4.79 Å². The molecule has 0 unspecified atom stereocenters. The summed E-state index contributed by atoms with van der Waals surface area (Å²) in [6.07, 6.45) is 2.26. The standard InChI is InChI=1S/C13H22N2O3S2/c1-4-5-14-6-7-15-13(16)12-8-11(10(2)19-12)9-20(3,17)18/h8,14H,4-7,9H2,1-3H3,(H,15,16). The summed E-state index contributed by atoms with van der Waals surface area (Å²) in [7, 11) is -3.07. The Morgan fingerprint density at radius 1 is 1.30 bits per heavy atom. The number of aryl methyl sites for hydroxylation is 1. The first kappa shape index (κ1) is 17.1. The Bertz CT molecular complexity index is 550. The van der Waals surface area contributed by atoms with Crippen LogP contribution in [0.25, 0.3) is 0 Å². The lowest BCUT2D eigenvalue weighted by Crippen LogP contribution is -2.31. The van der Waals surface area contributed by atoms with Gasteiger partial charge in [0.05, 0.1) is 10.6 Å². The van der Waals surface area contributed by atoms with E-state index in [0.29, 0.717) is 17.0 Å². The molecule has 114 valence electrons. The molecule has 0 bridgehead atoms. The maximum Gasteiger partial charge on any atom is 0.261 e. The van der Waals surface area contributed by atoms with Crippen molar-refractivity contribution in [1.29, 1.82) is 0 Å². The number of nitrogens with one attached hydrogen (secondary N) is 2. The molecule has 20 heavy (non-hydrogen) atoms. The minimum atomic E-state index is -3.07. The molecule has 0 saturated heterocycles. The number of rotatable bonds is 8. The molecule has 1 amide bonds. The summed E-state index contributed by atoms with van der Waals surface area (Å²) in [6, 6.07) is 1.68. The van der Waals surface area contributed by atoms with Crippen molar-refractivity contribution in [3.05, 3.63) is 21.4 Å². The first-order valence-electron chi connectivity index (χ1n) is 6.59. The second-order valence-electron chi connectivity index (χ2n) is 4.77. The summed E-state index contributed by atoms with van der Waals surface area (Å²) < 4.78 is 22.6. The Labute approximate surface area is 124 Å². The van der Waals surface area contributed by atoms with E-state index in [-0.39, 0.29) is 11.7 Å². The lowest BCUT2D eigenvalue weighted by atomic mass is 10.3. The fraction of sp³-hybridized carbons (Fsp3) is 0.615. The normalized spacial score (nSPS) is 11.6. The summed E-state index contributed by atoms with van der Waals surface area (Å²) >= 11 is 1.33. The van der Waals surface area contributed by atoms with Crippen LogP contribution < -0.4 is 10.6 Å². The van der Waals surface area contributed by atoms with Crippen molar-refractivity contribution in [2.24, 2.45) is 0 Å². The highest BCUT2D eigenvalue weighted by Crippen LogP contribution is 2.23. The van der Waals surface area contributed by atoms with Crippen LogP contribution in [0.3, 0.4) is 0 Å². The zero-order chi connectivity index (χ0) is 15.2. The molecule has 0 fully saturated rings. The lowest BCUT2D eigenvalue weighted by Gasteiger charge is -2.04. The van der Waals surface area contributed by atoms with E-state index in [4.69, 9.17) is 0 Å². The molecule has 1 rings (SSSR count). The zero-order valence-corrected chi connectivity index (χ0v) is 13.8. The van der Waals surface area contributed by atoms with Gasteiger partial charge in [0, 0.05) is 24.2 Å². The van der Waals surface area contributed by atoms with Crippen LogP contribution in [0.1, 0.15) is 33.5 Å². The highest BCUT2D eigenvalue weighted by Gasteiger charge is 2.15. The van der Waals surface area contributed by atoms with Crippen molar-refractivity contribution in [2.75, 3.05) is 25.9 Å². The second kappa shape index (κ2) is 7.75. The van der Waals surface area contributed by atoms with Crippen molar-refractivity contribution in [3.8, 4) is 0 Å². The van der Waals surface area contributed by atoms with E-state index >= 15 is 0 Å². The molecule has 0 radical (unpaired) electrons. The lowest BCUT2D eigenvalue weighted by molar-refractivity contribution is 0.0958. The van der Waals surface area contributed by atoms with Gasteiger partial charge in [-0.25, -0.2) is 8.42 Å². The molecule has 7 heteroatoms. The van der Waals surface area contributed by atoms with Gasteiger partial charge in [-0.2, -0.15) is 0 Å². The van der Waals surface area contributed by atoms with Gasteiger partial charge in [0.2, 0.25) is 0 Å². The second-order valence-corrected chi connectivity index (χ2v) is 8.16. The number of thiophene rings is 1. The van der Waals surface area contributed by atoms with Crippen molar-refractivity contribution >= 4 is 27.1 Å². The van der Waals surface area contributed by atoms with E-state index in [9.17, 15) is 13.2 Å². The molecule has 2 N–H and O–H groups in total. The summed E-state index contributed by atoms with van der Waals surface area (Å²) in [5.74, 6) is -0.156. The predicted molar refractivity (Wildman–Crippen MR) is 83.1 cm³/mol. The maximum absolute atomic E-state index is 11.9. The summed E-state index contributed by atoms with van der Waals surface area (Å²) in [5.41, 5.74) is 0.715. The first-order chi connectivity index (χ1) is 9.33. The van der Waals surface area contributed by atoms with E-state index in [2.05, 4.69) is 17.6 Å². The monoisotopic (exact) mass is 318 g/mol. The Balaban J connectivity index is 2.55. The third kappa shape index (κ3) is 6.02. The van der Waals surface area contributed by atoms with Gasteiger partial charge in [0.1, 0.15) is 0 Å². The van der Waals surface area contributed by atoms with Crippen LogP contribution >= 0.6 is 11.3 Å². The molecule has 0 aliphatic carbocycles. The molecule has 1 heterocycles. The van der Waals surface area contributed by atoms with Crippen molar-refractivity contribution in [2.45, 2.75) is 26.0 Å². The number of amides is 1. The predicted octanol–water partition coefficient (Wildman–Crippen LogP) is 1.33. The summed E-state index contributed by atoms with van der Waals surface area (Å²) in [4.78, 5) is 13.4. The fourth-order valence-corrected chi connectivity index (χ4v) is 3.63. The molecular formula is C13H22N2O3S2. The summed E-state index contributed by atoms with van der Waals surface area (Å²) in [5, 5.41) is 6.02. The minimum absolute atomic E-state index is 0.0132. The first-order valence-corrected chi connectivity index (χ1v) is 9.47. The maximum atomic E-state index is 11.9. The Hall–Kier alpha value is -0.920. The number of carbonyl (C=O) groups is 1. The van der Waals surface area contributed by atoms with Crippen LogP contribution in [0.15, 0.2) is 6.07 Å². The topological polar surface area (TPSA) is 75.3 Å². The van der Waals surface area contributed by atoms with E-state index in [1.165, 1.54) is 17.6 Å². The average molecular weight is 318 g/mol. The number of carbonyl (C=O) groups excluding carboxylic acids is 1. The number of hydrogen-bond acceptors (Lipinski definition) is 5. The van der Waals surface area contributed by atoms with Gasteiger partial charge >= 0.3 is 0 Å². The van der Waals surface area contributed by atoms with Crippen LogP contribution in [0.2, 0.25) is 0 Å². The van der Waals surface area contributed by atoms with Gasteiger partial charge in [0.15, 0.2) is 9.84 Å². The molecule has 5 nitrogen and oxygen atoms in total. The quantitative estimate of drug-likeness (QED) is 0.709. The van der Waals surface area contributed by atoms with Crippen LogP contribution in [0.4, 0.5) is 0 Å². The van der Waals surface area contributed by atoms with Gasteiger partial charge in [-0.05, 0) is 31.5 Å². The number of hydrogen-bond donors (Lipinski definition) is 2. The number of sulfone groups is 1. The molecule has 0 spiro atoms. The molecule has 0 atom stereocenters. The zero-order valence-electron chi connectivity index (χ0n) is 12.2. The van der Waals surface area contributed by atoms with E-state index < -0.39 is 9.84 Å². The van der Waals surface area contributed by atoms with Crippen molar-refractivity contribution in [1.82, 2.24) is 10.6 Å².